The molecule has 2 aromatic rings. The summed E-state index contributed by atoms with van der Waals surface area (Å²) in [7, 11) is 0. The van der Waals surface area contributed by atoms with Gasteiger partial charge < -0.3 is 4.90 Å². The van der Waals surface area contributed by atoms with Gasteiger partial charge in [0.2, 0.25) is 0 Å². The van der Waals surface area contributed by atoms with E-state index in [0.29, 0.717) is 31.0 Å². The lowest BCUT2D eigenvalue weighted by Crippen LogP contribution is -2.50. The molecule has 1 aliphatic heterocycles. The zero-order valence-electron chi connectivity index (χ0n) is 13.8. The topological polar surface area (TPSA) is 54.8 Å². The zero-order chi connectivity index (χ0) is 17.1. The van der Waals surface area contributed by atoms with Crippen LogP contribution in [0.2, 0.25) is 0 Å². The molecule has 130 valence electrons. The smallest absolute Gasteiger partial charge is 0.255 e. The maximum absolute atomic E-state index is 14.2. The molecule has 0 radical (unpaired) electrons. The molecule has 2 aromatic heterocycles. The summed E-state index contributed by atoms with van der Waals surface area (Å²) in [5, 5.41) is 0. The Morgan fingerprint density at radius 3 is 2.52 bits per heavy atom. The van der Waals surface area contributed by atoms with Gasteiger partial charge in [0.15, 0.2) is 11.6 Å². The van der Waals surface area contributed by atoms with Gasteiger partial charge in [0, 0.05) is 56.0 Å². The molecule has 0 amide bonds. The average molecular weight is 343 g/mol. The van der Waals surface area contributed by atoms with Crippen molar-refractivity contribution in [2.75, 3.05) is 19.6 Å². The highest BCUT2D eigenvalue weighted by Crippen LogP contribution is 2.70. The molecule has 1 saturated heterocycles. The van der Waals surface area contributed by atoms with E-state index in [2.05, 4.69) is 24.8 Å². The van der Waals surface area contributed by atoms with Gasteiger partial charge in [-0.05, 0) is 30.9 Å². The lowest BCUT2D eigenvalue weighted by Gasteiger charge is -2.42. The van der Waals surface area contributed by atoms with Crippen molar-refractivity contribution in [1.82, 2.24) is 24.8 Å². The van der Waals surface area contributed by atoms with Gasteiger partial charge in [0.05, 0.1) is 5.69 Å². The fourth-order valence-electron chi connectivity index (χ4n) is 4.53. The molecular weight excluding hydrogens is 324 g/mol. The van der Waals surface area contributed by atoms with Crippen LogP contribution >= 0.6 is 0 Å². The van der Waals surface area contributed by atoms with Crippen molar-refractivity contribution in [3.8, 4) is 11.6 Å². The predicted molar refractivity (Wildman–Crippen MR) is 87.0 cm³/mol. The Balaban J connectivity index is 1.26. The van der Waals surface area contributed by atoms with Gasteiger partial charge in [-0.2, -0.15) is 0 Å². The Morgan fingerprint density at radius 1 is 1.08 bits per heavy atom. The van der Waals surface area contributed by atoms with Gasteiger partial charge in [-0.1, -0.05) is 0 Å². The first-order chi connectivity index (χ1) is 12.1. The minimum atomic E-state index is -2.48. The van der Waals surface area contributed by atoms with Crippen LogP contribution < -0.4 is 0 Å². The number of rotatable bonds is 4. The highest BCUT2D eigenvalue weighted by Gasteiger charge is 2.73. The standard InChI is InChI=1S/C18H19F2N5/c19-18(20)4-2-13-8-17(13,18)11-25-9-12(10-25)14-3-7-23-16(24-14)15-21-5-1-6-22-15/h1,3,5-7,12-13H,2,4,8-11H2. The maximum Gasteiger partial charge on any atom is 0.255 e. The van der Waals surface area contributed by atoms with E-state index in [-0.39, 0.29) is 18.3 Å². The fraction of sp³-hybridized carbons (Fsp3) is 0.556. The largest absolute Gasteiger partial charge is 0.301 e. The molecule has 3 heterocycles. The van der Waals surface area contributed by atoms with Gasteiger partial charge in [-0.25, -0.2) is 28.7 Å². The molecule has 25 heavy (non-hydrogen) atoms. The minimum absolute atomic E-state index is 0.0707. The van der Waals surface area contributed by atoms with Crippen molar-refractivity contribution in [3.05, 3.63) is 36.4 Å². The lowest BCUT2D eigenvalue weighted by molar-refractivity contribution is -0.0807. The van der Waals surface area contributed by atoms with Crippen molar-refractivity contribution in [3.63, 3.8) is 0 Å². The van der Waals surface area contributed by atoms with Crippen LogP contribution in [0.4, 0.5) is 8.78 Å². The molecule has 2 aliphatic carbocycles. The first kappa shape index (κ1) is 15.3. The second-order valence-corrected chi connectivity index (χ2v) is 7.57. The van der Waals surface area contributed by atoms with E-state index in [1.54, 1.807) is 24.7 Å². The van der Waals surface area contributed by atoms with E-state index in [9.17, 15) is 8.78 Å². The summed E-state index contributed by atoms with van der Waals surface area (Å²) >= 11 is 0. The van der Waals surface area contributed by atoms with Crippen LogP contribution in [0, 0.1) is 11.3 Å². The number of fused-ring (bicyclic) bond motifs is 1. The Morgan fingerprint density at radius 2 is 1.84 bits per heavy atom. The first-order valence-electron chi connectivity index (χ1n) is 8.78. The average Bonchev–Trinajstić information content (AvgIpc) is 3.26. The molecular formula is C18H19F2N5. The summed E-state index contributed by atoms with van der Waals surface area (Å²) in [6, 6.07) is 3.65. The van der Waals surface area contributed by atoms with E-state index >= 15 is 0 Å². The highest BCUT2D eigenvalue weighted by atomic mass is 19.3. The molecule has 3 fully saturated rings. The Bertz CT molecular complexity index is 793. The van der Waals surface area contributed by atoms with Crippen LogP contribution in [-0.2, 0) is 0 Å². The fourth-order valence-corrected chi connectivity index (χ4v) is 4.53. The van der Waals surface area contributed by atoms with Crippen LogP contribution in [-0.4, -0.2) is 50.4 Å². The van der Waals surface area contributed by atoms with Crippen LogP contribution in [0.15, 0.2) is 30.7 Å². The van der Waals surface area contributed by atoms with Crippen molar-refractivity contribution in [2.24, 2.45) is 11.3 Å². The molecule has 0 spiro atoms. The van der Waals surface area contributed by atoms with Gasteiger partial charge in [-0.3, -0.25) is 0 Å². The second kappa shape index (κ2) is 5.24. The molecule has 7 heteroatoms. The zero-order valence-corrected chi connectivity index (χ0v) is 13.8. The van der Waals surface area contributed by atoms with Crippen molar-refractivity contribution in [1.29, 1.82) is 0 Å². The molecule has 0 aromatic carbocycles. The molecule has 5 rings (SSSR count). The van der Waals surface area contributed by atoms with Crippen molar-refractivity contribution >= 4 is 0 Å². The Kier molecular flexibility index (Phi) is 3.20. The number of aromatic nitrogens is 4. The number of likely N-dealkylation sites (tertiary alicyclic amines) is 1. The van der Waals surface area contributed by atoms with Crippen LogP contribution in [0.1, 0.15) is 30.9 Å². The monoisotopic (exact) mass is 343 g/mol. The summed E-state index contributed by atoms with van der Waals surface area (Å²) in [5.74, 6) is -0.947. The lowest BCUT2D eigenvalue weighted by atomic mass is 9.91. The van der Waals surface area contributed by atoms with Crippen molar-refractivity contribution < 1.29 is 8.78 Å². The quantitative estimate of drug-likeness (QED) is 0.854. The first-order valence-corrected chi connectivity index (χ1v) is 8.78. The number of hydrogen-bond acceptors (Lipinski definition) is 5. The van der Waals surface area contributed by atoms with Gasteiger partial charge >= 0.3 is 0 Å². The van der Waals surface area contributed by atoms with E-state index in [4.69, 9.17) is 0 Å². The third-order valence-electron chi connectivity index (χ3n) is 6.09. The van der Waals surface area contributed by atoms with E-state index < -0.39 is 11.3 Å². The SMILES string of the molecule is FC1(F)CCC2CC21CN1CC(c2ccnc(-c3ncccn3)n2)C1. The minimum Gasteiger partial charge on any atom is -0.301 e. The summed E-state index contributed by atoms with van der Waals surface area (Å²) < 4.78 is 28.3. The molecule has 2 atom stereocenters. The molecule has 2 unspecified atom stereocenters. The summed E-state index contributed by atoms with van der Waals surface area (Å²) in [4.78, 5) is 19.3. The molecule has 2 saturated carbocycles. The molecule has 0 N–H and O–H groups in total. The van der Waals surface area contributed by atoms with E-state index in [1.807, 2.05) is 6.07 Å². The summed E-state index contributed by atoms with van der Waals surface area (Å²) in [6.45, 7) is 2.11. The summed E-state index contributed by atoms with van der Waals surface area (Å²) in [6.07, 6.45) is 6.51. The Hall–Kier alpha value is -2.02. The van der Waals surface area contributed by atoms with Gasteiger partial charge in [0.1, 0.15) is 0 Å². The van der Waals surface area contributed by atoms with Crippen molar-refractivity contribution in [2.45, 2.75) is 31.1 Å². The number of hydrogen-bond donors (Lipinski definition) is 0. The summed E-state index contributed by atoms with van der Waals surface area (Å²) in [5.41, 5.74) is 0.212. The van der Waals surface area contributed by atoms with E-state index in [1.165, 1.54) is 0 Å². The number of nitrogens with zero attached hydrogens (tertiary/aromatic N) is 5. The molecule has 5 nitrogen and oxygen atoms in total. The molecule has 0 bridgehead atoms. The Labute approximate surface area is 144 Å². The third kappa shape index (κ3) is 2.36. The van der Waals surface area contributed by atoms with Crippen LogP contribution in [0.5, 0.6) is 0 Å². The molecule has 3 aliphatic rings. The predicted octanol–water partition coefficient (Wildman–Crippen LogP) is 2.77. The van der Waals surface area contributed by atoms with E-state index in [0.717, 1.165) is 18.8 Å². The van der Waals surface area contributed by atoms with Gasteiger partial charge in [0.25, 0.3) is 5.92 Å². The highest BCUT2D eigenvalue weighted by molar-refractivity contribution is 5.42. The number of alkyl halides is 2. The van der Waals surface area contributed by atoms with Crippen LogP contribution in [0.25, 0.3) is 11.6 Å². The normalized spacial score (nSPS) is 30.7. The van der Waals surface area contributed by atoms with Crippen LogP contribution in [0.3, 0.4) is 0 Å². The number of halogens is 2. The maximum atomic E-state index is 14.2. The second-order valence-electron chi connectivity index (χ2n) is 7.57. The third-order valence-corrected chi connectivity index (χ3v) is 6.09. The van der Waals surface area contributed by atoms with Gasteiger partial charge in [-0.15, -0.1) is 0 Å².